The Labute approximate surface area is 155 Å². The maximum atomic E-state index is 11.4. The number of hydrogen-bond donors (Lipinski definition) is 2. The lowest BCUT2D eigenvalue weighted by molar-refractivity contribution is -0.384. The van der Waals surface area contributed by atoms with Crippen molar-refractivity contribution in [1.82, 2.24) is 9.97 Å². The molecule has 10 heteroatoms. The average Bonchev–Trinajstić information content (AvgIpc) is 2.61. The lowest BCUT2D eigenvalue weighted by atomic mass is 10.2. The fraction of sp³-hybridized carbons (Fsp3) is 0.0588. The van der Waals surface area contributed by atoms with E-state index >= 15 is 0 Å². The van der Waals surface area contributed by atoms with Crippen LogP contribution in [0.1, 0.15) is 5.69 Å². The predicted molar refractivity (Wildman–Crippen MR) is 100.0 cm³/mol. The van der Waals surface area contributed by atoms with Crippen molar-refractivity contribution in [3.05, 3.63) is 70.5 Å². The zero-order valence-corrected chi connectivity index (χ0v) is 15.0. The first kappa shape index (κ1) is 18.4. The molecule has 0 amide bonds. The number of nitro benzene ring substituents is 1. The number of nitrogens with one attached hydrogen (secondary N) is 1. The van der Waals surface area contributed by atoms with Gasteiger partial charge in [0, 0.05) is 29.2 Å². The summed E-state index contributed by atoms with van der Waals surface area (Å²) in [5, 5.41) is 19.2. The molecular formula is C17H15N5O4S. The van der Waals surface area contributed by atoms with Crippen LogP contribution in [-0.2, 0) is 10.0 Å². The Hall–Kier alpha value is -3.37. The van der Waals surface area contributed by atoms with Gasteiger partial charge in [-0.05, 0) is 49.4 Å². The van der Waals surface area contributed by atoms with Crippen LogP contribution in [0.4, 0.5) is 17.1 Å². The van der Waals surface area contributed by atoms with E-state index in [2.05, 4.69) is 15.3 Å². The number of sulfonamides is 1. The molecule has 0 aliphatic heterocycles. The van der Waals surface area contributed by atoms with E-state index in [1.807, 2.05) is 6.92 Å². The van der Waals surface area contributed by atoms with Crippen molar-refractivity contribution < 1.29 is 13.3 Å². The SMILES string of the molecule is Cc1ccnc(-c2ccc(Nc3ccc(S(N)(=O)=O)cc3[N+](=O)[O-])cc2)n1. The third-order valence-electron chi connectivity index (χ3n) is 3.71. The quantitative estimate of drug-likeness (QED) is 0.508. The van der Waals surface area contributed by atoms with Crippen molar-refractivity contribution in [3.63, 3.8) is 0 Å². The molecule has 0 aliphatic rings. The standard InChI is InChI=1S/C17H15N5O4S/c1-11-8-9-19-17(20-11)12-2-4-13(5-3-12)21-15-7-6-14(27(18,25)26)10-16(15)22(23)24/h2-10,21H,1H3,(H2,18,25,26). The Morgan fingerprint density at radius 1 is 1.11 bits per heavy atom. The second kappa shape index (κ2) is 7.09. The van der Waals surface area contributed by atoms with Crippen LogP contribution in [0.2, 0.25) is 0 Å². The Balaban J connectivity index is 1.90. The highest BCUT2D eigenvalue weighted by atomic mass is 32.2. The Kier molecular flexibility index (Phi) is 4.84. The molecule has 3 rings (SSSR count). The molecule has 0 spiro atoms. The van der Waals surface area contributed by atoms with Gasteiger partial charge in [0.2, 0.25) is 10.0 Å². The van der Waals surface area contributed by atoms with Crippen LogP contribution in [0, 0.1) is 17.0 Å². The molecule has 0 unspecified atom stereocenters. The van der Waals surface area contributed by atoms with E-state index < -0.39 is 20.6 Å². The number of aryl methyl sites for hydroxylation is 1. The molecule has 1 aromatic heterocycles. The van der Waals surface area contributed by atoms with Crippen LogP contribution in [0.3, 0.4) is 0 Å². The zero-order chi connectivity index (χ0) is 19.6. The highest BCUT2D eigenvalue weighted by Crippen LogP contribution is 2.30. The summed E-state index contributed by atoms with van der Waals surface area (Å²) in [5.41, 5.74) is 1.97. The van der Waals surface area contributed by atoms with E-state index in [0.717, 1.165) is 17.3 Å². The van der Waals surface area contributed by atoms with Gasteiger partial charge in [0.15, 0.2) is 5.82 Å². The van der Waals surface area contributed by atoms with Crippen molar-refractivity contribution >= 4 is 27.1 Å². The summed E-state index contributed by atoms with van der Waals surface area (Å²) in [5.74, 6) is 0.574. The minimum absolute atomic E-state index is 0.145. The summed E-state index contributed by atoms with van der Waals surface area (Å²) in [6.07, 6.45) is 1.67. The van der Waals surface area contributed by atoms with Gasteiger partial charge >= 0.3 is 0 Å². The Morgan fingerprint density at radius 3 is 2.41 bits per heavy atom. The number of nitrogens with zero attached hydrogens (tertiary/aromatic N) is 3. The number of rotatable bonds is 5. The van der Waals surface area contributed by atoms with Gasteiger partial charge in [-0.1, -0.05) is 0 Å². The maximum absolute atomic E-state index is 11.4. The van der Waals surface area contributed by atoms with Gasteiger partial charge in [0.25, 0.3) is 5.69 Å². The van der Waals surface area contributed by atoms with Crippen molar-refractivity contribution in [3.8, 4) is 11.4 Å². The van der Waals surface area contributed by atoms with Gasteiger partial charge in [-0.2, -0.15) is 0 Å². The molecule has 3 aromatic rings. The van der Waals surface area contributed by atoms with Crippen LogP contribution in [0.25, 0.3) is 11.4 Å². The van der Waals surface area contributed by atoms with Crippen LogP contribution in [0.5, 0.6) is 0 Å². The van der Waals surface area contributed by atoms with Crippen LogP contribution < -0.4 is 10.5 Å². The molecule has 0 saturated heterocycles. The highest BCUT2D eigenvalue weighted by molar-refractivity contribution is 7.89. The molecule has 0 bridgehead atoms. The fourth-order valence-electron chi connectivity index (χ4n) is 2.39. The van der Waals surface area contributed by atoms with E-state index in [-0.39, 0.29) is 10.6 Å². The first-order valence-corrected chi connectivity index (χ1v) is 9.27. The van der Waals surface area contributed by atoms with Gasteiger partial charge in [0.1, 0.15) is 5.69 Å². The third-order valence-corrected chi connectivity index (χ3v) is 4.62. The summed E-state index contributed by atoms with van der Waals surface area (Å²) in [4.78, 5) is 18.8. The molecule has 0 fully saturated rings. The molecule has 0 aliphatic carbocycles. The van der Waals surface area contributed by atoms with Crippen molar-refractivity contribution in [2.24, 2.45) is 5.14 Å². The fourth-order valence-corrected chi connectivity index (χ4v) is 2.92. The van der Waals surface area contributed by atoms with Crippen molar-refractivity contribution in [2.45, 2.75) is 11.8 Å². The number of nitrogens with two attached hydrogens (primary N) is 1. The Bertz CT molecular complexity index is 1110. The topological polar surface area (TPSA) is 141 Å². The summed E-state index contributed by atoms with van der Waals surface area (Å²) in [7, 11) is -4.03. The van der Waals surface area contributed by atoms with Gasteiger partial charge in [-0.15, -0.1) is 0 Å². The van der Waals surface area contributed by atoms with Crippen molar-refractivity contribution in [2.75, 3.05) is 5.32 Å². The number of primary sulfonamides is 1. The number of nitro groups is 1. The van der Waals surface area contributed by atoms with E-state index in [4.69, 9.17) is 5.14 Å². The van der Waals surface area contributed by atoms with E-state index in [0.29, 0.717) is 11.5 Å². The predicted octanol–water partition coefficient (Wildman–Crippen LogP) is 2.75. The maximum Gasteiger partial charge on any atom is 0.294 e. The minimum Gasteiger partial charge on any atom is -0.350 e. The summed E-state index contributed by atoms with van der Waals surface area (Å²) >= 11 is 0. The second-order valence-electron chi connectivity index (χ2n) is 5.71. The lowest BCUT2D eigenvalue weighted by Crippen LogP contribution is -2.12. The molecule has 1 heterocycles. The first-order valence-electron chi connectivity index (χ1n) is 7.72. The molecule has 27 heavy (non-hydrogen) atoms. The van der Waals surface area contributed by atoms with E-state index in [1.165, 1.54) is 12.1 Å². The number of aromatic nitrogens is 2. The van der Waals surface area contributed by atoms with E-state index in [1.54, 1.807) is 36.5 Å². The number of anilines is 2. The molecular weight excluding hydrogens is 370 g/mol. The summed E-state index contributed by atoms with van der Waals surface area (Å²) in [6.45, 7) is 1.87. The summed E-state index contributed by atoms with van der Waals surface area (Å²) < 4.78 is 22.8. The molecule has 3 N–H and O–H groups in total. The largest absolute Gasteiger partial charge is 0.350 e. The van der Waals surface area contributed by atoms with Crippen LogP contribution in [-0.4, -0.2) is 23.3 Å². The van der Waals surface area contributed by atoms with E-state index in [9.17, 15) is 18.5 Å². The van der Waals surface area contributed by atoms with Gasteiger partial charge in [-0.3, -0.25) is 10.1 Å². The number of benzene rings is 2. The van der Waals surface area contributed by atoms with Gasteiger partial charge < -0.3 is 5.32 Å². The monoisotopic (exact) mass is 385 g/mol. The molecule has 0 atom stereocenters. The van der Waals surface area contributed by atoms with Crippen molar-refractivity contribution in [1.29, 1.82) is 0 Å². The molecule has 138 valence electrons. The lowest BCUT2D eigenvalue weighted by Gasteiger charge is -2.09. The number of hydrogen-bond acceptors (Lipinski definition) is 7. The Morgan fingerprint density at radius 2 is 1.81 bits per heavy atom. The summed E-state index contributed by atoms with van der Waals surface area (Å²) in [6, 6.07) is 12.2. The average molecular weight is 385 g/mol. The second-order valence-corrected chi connectivity index (χ2v) is 7.27. The highest BCUT2D eigenvalue weighted by Gasteiger charge is 2.19. The minimum atomic E-state index is -4.03. The normalized spacial score (nSPS) is 11.2. The third kappa shape index (κ3) is 4.25. The molecule has 0 saturated carbocycles. The van der Waals surface area contributed by atoms with Gasteiger partial charge in [-0.25, -0.2) is 23.5 Å². The molecule has 0 radical (unpaired) electrons. The van der Waals surface area contributed by atoms with Crippen LogP contribution >= 0.6 is 0 Å². The van der Waals surface area contributed by atoms with Gasteiger partial charge in [0.05, 0.1) is 9.82 Å². The smallest absolute Gasteiger partial charge is 0.294 e. The van der Waals surface area contributed by atoms with Crippen LogP contribution in [0.15, 0.2) is 59.6 Å². The molecule has 2 aromatic carbocycles. The first-order chi connectivity index (χ1) is 12.7. The zero-order valence-electron chi connectivity index (χ0n) is 14.2. The molecule has 9 nitrogen and oxygen atoms in total.